The van der Waals surface area contributed by atoms with Crippen molar-refractivity contribution >= 4 is 5.96 Å². The highest BCUT2D eigenvalue weighted by Gasteiger charge is 2.06. The van der Waals surface area contributed by atoms with E-state index >= 15 is 0 Å². The van der Waals surface area contributed by atoms with Crippen LogP contribution in [0.5, 0.6) is 11.5 Å². The van der Waals surface area contributed by atoms with E-state index in [0.717, 1.165) is 48.1 Å². The molecule has 0 aliphatic rings. The molecule has 3 aromatic rings. The van der Waals surface area contributed by atoms with Crippen LogP contribution in [-0.4, -0.2) is 43.0 Å². The summed E-state index contributed by atoms with van der Waals surface area (Å²) in [5.41, 5.74) is 3.36. The molecule has 3 rings (SSSR count). The first-order valence-corrected chi connectivity index (χ1v) is 10.6. The third-order valence-corrected chi connectivity index (χ3v) is 4.80. The normalized spacial score (nSPS) is 11.3. The van der Waals surface area contributed by atoms with Gasteiger partial charge in [0, 0.05) is 31.9 Å². The lowest BCUT2D eigenvalue weighted by Crippen LogP contribution is -2.37. The van der Waals surface area contributed by atoms with Crippen molar-refractivity contribution in [2.75, 3.05) is 27.3 Å². The third-order valence-electron chi connectivity index (χ3n) is 4.80. The number of methoxy groups -OCH3 is 1. The highest BCUT2D eigenvalue weighted by atomic mass is 16.5. The SMILES string of the molecule is CCOc1cc(CCCNC(=NC)NCc2cnn(-c3ccccc3)c2)ccc1OC. The van der Waals surface area contributed by atoms with Crippen molar-refractivity contribution in [2.24, 2.45) is 4.99 Å². The molecule has 0 amide bonds. The molecule has 1 heterocycles. The van der Waals surface area contributed by atoms with Crippen LogP contribution in [0, 0.1) is 0 Å². The van der Waals surface area contributed by atoms with E-state index in [0.29, 0.717) is 13.2 Å². The summed E-state index contributed by atoms with van der Waals surface area (Å²) >= 11 is 0. The first-order valence-electron chi connectivity index (χ1n) is 10.6. The van der Waals surface area contributed by atoms with Crippen LogP contribution in [0.4, 0.5) is 0 Å². The molecule has 7 heteroatoms. The summed E-state index contributed by atoms with van der Waals surface area (Å²) in [5, 5.41) is 11.1. The fraction of sp³-hybridized carbons (Fsp3) is 0.333. The minimum atomic E-state index is 0.619. The topological polar surface area (TPSA) is 72.7 Å². The monoisotopic (exact) mass is 421 g/mol. The van der Waals surface area contributed by atoms with Gasteiger partial charge >= 0.3 is 0 Å². The molecular formula is C24H31N5O2. The molecule has 2 aromatic carbocycles. The summed E-state index contributed by atoms with van der Waals surface area (Å²) in [5.74, 6) is 2.34. The van der Waals surface area contributed by atoms with Crippen LogP contribution in [0.15, 0.2) is 65.9 Å². The van der Waals surface area contributed by atoms with Crippen molar-refractivity contribution in [3.05, 3.63) is 72.1 Å². The minimum Gasteiger partial charge on any atom is -0.493 e. The number of aliphatic imine (C=N–C) groups is 1. The first kappa shape index (κ1) is 22.2. The maximum Gasteiger partial charge on any atom is 0.191 e. The summed E-state index contributed by atoms with van der Waals surface area (Å²) in [7, 11) is 3.44. The smallest absolute Gasteiger partial charge is 0.191 e. The average Bonchev–Trinajstić information content (AvgIpc) is 3.29. The molecule has 2 N–H and O–H groups in total. The lowest BCUT2D eigenvalue weighted by atomic mass is 10.1. The van der Waals surface area contributed by atoms with Crippen molar-refractivity contribution in [1.82, 2.24) is 20.4 Å². The van der Waals surface area contributed by atoms with Crippen LogP contribution in [0.3, 0.4) is 0 Å². The second-order valence-electron chi connectivity index (χ2n) is 7.00. The molecule has 0 fully saturated rings. The Bertz CT molecular complexity index is 969. The number of ether oxygens (including phenoxy) is 2. The number of nitrogens with one attached hydrogen (secondary N) is 2. The fourth-order valence-electron chi connectivity index (χ4n) is 3.22. The van der Waals surface area contributed by atoms with Crippen molar-refractivity contribution in [2.45, 2.75) is 26.3 Å². The van der Waals surface area contributed by atoms with Gasteiger partial charge in [0.15, 0.2) is 17.5 Å². The molecule has 7 nitrogen and oxygen atoms in total. The zero-order valence-corrected chi connectivity index (χ0v) is 18.5. The van der Waals surface area contributed by atoms with Gasteiger partial charge in [-0.1, -0.05) is 24.3 Å². The number of hydrogen-bond donors (Lipinski definition) is 2. The van der Waals surface area contributed by atoms with E-state index in [4.69, 9.17) is 9.47 Å². The molecule has 0 unspecified atom stereocenters. The highest BCUT2D eigenvalue weighted by molar-refractivity contribution is 5.79. The predicted molar refractivity (Wildman–Crippen MR) is 124 cm³/mol. The predicted octanol–water partition coefficient (Wildman–Crippen LogP) is 3.58. The average molecular weight is 422 g/mol. The molecule has 0 radical (unpaired) electrons. The van der Waals surface area contributed by atoms with E-state index in [2.05, 4.69) is 32.9 Å². The molecule has 0 saturated heterocycles. The Kier molecular flexibility index (Phi) is 8.34. The van der Waals surface area contributed by atoms with Gasteiger partial charge in [-0.25, -0.2) is 4.68 Å². The molecule has 0 aliphatic carbocycles. The second kappa shape index (κ2) is 11.6. The maximum absolute atomic E-state index is 5.66. The Morgan fingerprint density at radius 3 is 2.65 bits per heavy atom. The second-order valence-corrected chi connectivity index (χ2v) is 7.00. The van der Waals surface area contributed by atoms with E-state index in [1.165, 1.54) is 5.56 Å². The summed E-state index contributed by atoms with van der Waals surface area (Å²) in [6.07, 6.45) is 5.81. The largest absolute Gasteiger partial charge is 0.493 e. The number of benzene rings is 2. The first-order chi connectivity index (χ1) is 15.2. The van der Waals surface area contributed by atoms with E-state index in [1.54, 1.807) is 14.2 Å². The van der Waals surface area contributed by atoms with Crippen LogP contribution < -0.4 is 20.1 Å². The summed E-state index contributed by atoms with van der Waals surface area (Å²) in [6.45, 7) is 4.07. The van der Waals surface area contributed by atoms with Gasteiger partial charge in [-0.05, 0) is 49.6 Å². The molecule has 0 atom stereocenters. The quantitative estimate of drug-likeness (QED) is 0.297. The lowest BCUT2D eigenvalue weighted by molar-refractivity contribution is 0.310. The van der Waals surface area contributed by atoms with Gasteiger partial charge in [0.05, 0.1) is 25.6 Å². The van der Waals surface area contributed by atoms with Gasteiger partial charge < -0.3 is 20.1 Å². The number of guanidine groups is 1. The Labute approximate surface area is 184 Å². The van der Waals surface area contributed by atoms with Crippen molar-refractivity contribution in [3.63, 3.8) is 0 Å². The van der Waals surface area contributed by atoms with Gasteiger partial charge in [-0.2, -0.15) is 5.10 Å². The Balaban J connectivity index is 1.43. The Morgan fingerprint density at radius 1 is 1.06 bits per heavy atom. The van der Waals surface area contributed by atoms with Gasteiger partial charge in [0.1, 0.15) is 0 Å². The number of para-hydroxylation sites is 1. The summed E-state index contributed by atoms with van der Waals surface area (Å²) in [6, 6.07) is 16.2. The Morgan fingerprint density at radius 2 is 1.90 bits per heavy atom. The van der Waals surface area contributed by atoms with Gasteiger partial charge in [0.2, 0.25) is 0 Å². The van der Waals surface area contributed by atoms with E-state index in [1.807, 2.05) is 60.4 Å². The van der Waals surface area contributed by atoms with Crippen LogP contribution in [-0.2, 0) is 13.0 Å². The molecule has 0 aliphatic heterocycles. The molecule has 1 aromatic heterocycles. The van der Waals surface area contributed by atoms with Crippen LogP contribution >= 0.6 is 0 Å². The van der Waals surface area contributed by atoms with Gasteiger partial charge in [-0.15, -0.1) is 0 Å². The van der Waals surface area contributed by atoms with Crippen molar-refractivity contribution < 1.29 is 9.47 Å². The fourth-order valence-corrected chi connectivity index (χ4v) is 3.22. The van der Waals surface area contributed by atoms with Crippen molar-refractivity contribution in [1.29, 1.82) is 0 Å². The van der Waals surface area contributed by atoms with Crippen molar-refractivity contribution in [3.8, 4) is 17.2 Å². The van der Waals surface area contributed by atoms with Crippen LogP contribution in [0.25, 0.3) is 5.69 Å². The molecule has 164 valence electrons. The van der Waals surface area contributed by atoms with Gasteiger partial charge in [0.25, 0.3) is 0 Å². The number of aryl methyl sites for hydroxylation is 1. The molecule has 0 bridgehead atoms. The van der Waals surface area contributed by atoms with E-state index in [-0.39, 0.29) is 0 Å². The summed E-state index contributed by atoms with van der Waals surface area (Å²) in [4.78, 5) is 4.30. The highest BCUT2D eigenvalue weighted by Crippen LogP contribution is 2.28. The van der Waals surface area contributed by atoms with Crippen LogP contribution in [0.1, 0.15) is 24.5 Å². The Hall–Kier alpha value is -3.48. The number of hydrogen-bond acceptors (Lipinski definition) is 4. The molecule has 31 heavy (non-hydrogen) atoms. The maximum atomic E-state index is 5.66. The lowest BCUT2D eigenvalue weighted by Gasteiger charge is -2.12. The molecule has 0 spiro atoms. The number of rotatable bonds is 10. The number of aromatic nitrogens is 2. The van der Waals surface area contributed by atoms with Crippen LogP contribution in [0.2, 0.25) is 0 Å². The third kappa shape index (κ3) is 6.50. The van der Waals surface area contributed by atoms with E-state index < -0.39 is 0 Å². The molecular weight excluding hydrogens is 390 g/mol. The summed E-state index contributed by atoms with van der Waals surface area (Å²) < 4.78 is 12.9. The zero-order chi connectivity index (χ0) is 21.9. The molecule has 0 saturated carbocycles. The standard InChI is InChI=1S/C24H31N5O2/c1-4-31-23-15-19(12-13-22(23)30-3)9-8-14-26-24(25-2)27-16-20-17-28-29(18-20)21-10-6-5-7-11-21/h5-7,10-13,15,17-18H,4,8-9,14,16H2,1-3H3,(H2,25,26,27). The van der Waals surface area contributed by atoms with E-state index in [9.17, 15) is 0 Å². The number of nitrogens with zero attached hydrogens (tertiary/aromatic N) is 3. The van der Waals surface area contributed by atoms with Gasteiger partial charge in [-0.3, -0.25) is 4.99 Å². The minimum absolute atomic E-state index is 0.619. The zero-order valence-electron chi connectivity index (χ0n) is 18.5.